The SMILES string of the molecule is CNCc1scc(C)c1S(=O)(=O)NCC(F)(F)C(F)F. The van der Waals surface area contributed by atoms with Gasteiger partial charge in [0.1, 0.15) is 4.90 Å². The second kappa shape index (κ2) is 6.37. The molecule has 116 valence electrons. The van der Waals surface area contributed by atoms with Crippen molar-refractivity contribution in [2.75, 3.05) is 13.6 Å². The zero-order chi connectivity index (χ0) is 15.6. The fourth-order valence-electron chi connectivity index (χ4n) is 1.47. The third-order valence-electron chi connectivity index (χ3n) is 2.41. The normalized spacial score (nSPS) is 13.2. The minimum atomic E-state index is -4.40. The van der Waals surface area contributed by atoms with Crippen LogP contribution in [0.1, 0.15) is 10.4 Å². The zero-order valence-electron chi connectivity index (χ0n) is 10.7. The first kappa shape index (κ1) is 17.3. The quantitative estimate of drug-likeness (QED) is 0.750. The zero-order valence-corrected chi connectivity index (χ0v) is 12.3. The molecule has 1 aromatic rings. The van der Waals surface area contributed by atoms with Gasteiger partial charge in [-0.3, -0.25) is 0 Å². The van der Waals surface area contributed by atoms with Crippen LogP contribution in [0.2, 0.25) is 0 Å². The van der Waals surface area contributed by atoms with Crippen molar-refractivity contribution in [3.8, 4) is 0 Å². The molecule has 0 unspecified atom stereocenters. The van der Waals surface area contributed by atoms with Crippen molar-refractivity contribution < 1.29 is 26.0 Å². The summed E-state index contributed by atoms with van der Waals surface area (Å²) in [6.07, 6.45) is -3.93. The van der Waals surface area contributed by atoms with Gasteiger partial charge in [-0.15, -0.1) is 11.3 Å². The van der Waals surface area contributed by atoms with Crippen LogP contribution in [-0.2, 0) is 16.6 Å². The second-order valence-electron chi connectivity index (χ2n) is 4.09. The van der Waals surface area contributed by atoms with E-state index in [1.807, 2.05) is 0 Å². The molecule has 4 nitrogen and oxygen atoms in total. The first-order chi connectivity index (χ1) is 9.12. The van der Waals surface area contributed by atoms with Gasteiger partial charge >= 0.3 is 12.3 Å². The maximum Gasteiger partial charge on any atom is 0.320 e. The molecule has 1 aromatic heterocycles. The van der Waals surface area contributed by atoms with E-state index in [-0.39, 0.29) is 11.4 Å². The Bertz CT molecular complexity index is 558. The van der Waals surface area contributed by atoms with Crippen molar-refractivity contribution in [3.63, 3.8) is 0 Å². The molecule has 0 bridgehead atoms. The van der Waals surface area contributed by atoms with Crippen LogP contribution in [0.3, 0.4) is 0 Å². The van der Waals surface area contributed by atoms with E-state index in [9.17, 15) is 26.0 Å². The minimum Gasteiger partial charge on any atom is -0.315 e. The van der Waals surface area contributed by atoms with Gasteiger partial charge in [-0.1, -0.05) is 0 Å². The van der Waals surface area contributed by atoms with Crippen molar-refractivity contribution in [3.05, 3.63) is 15.8 Å². The average molecular weight is 334 g/mol. The maximum absolute atomic E-state index is 12.8. The second-order valence-corrected chi connectivity index (χ2v) is 6.76. The molecule has 10 heteroatoms. The maximum atomic E-state index is 12.8. The lowest BCUT2D eigenvalue weighted by Gasteiger charge is -2.16. The Kier molecular flexibility index (Phi) is 5.53. The van der Waals surface area contributed by atoms with Crippen molar-refractivity contribution in [2.45, 2.75) is 30.7 Å². The van der Waals surface area contributed by atoms with E-state index in [1.54, 1.807) is 17.1 Å². The van der Waals surface area contributed by atoms with E-state index in [0.29, 0.717) is 10.4 Å². The van der Waals surface area contributed by atoms with Crippen molar-refractivity contribution in [2.24, 2.45) is 0 Å². The highest BCUT2D eigenvalue weighted by Gasteiger charge is 2.42. The Balaban J connectivity index is 2.98. The smallest absolute Gasteiger partial charge is 0.315 e. The van der Waals surface area contributed by atoms with Crippen molar-refractivity contribution >= 4 is 21.4 Å². The summed E-state index contributed by atoms with van der Waals surface area (Å²) in [6, 6.07) is 0. The Hall–Kier alpha value is -0.710. The molecule has 0 saturated carbocycles. The molecular weight excluding hydrogens is 320 g/mol. The Morgan fingerprint density at radius 1 is 1.40 bits per heavy atom. The predicted molar refractivity (Wildman–Crippen MR) is 68.0 cm³/mol. The van der Waals surface area contributed by atoms with Gasteiger partial charge in [0.15, 0.2) is 0 Å². The number of sulfonamides is 1. The lowest BCUT2D eigenvalue weighted by atomic mass is 10.3. The highest BCUT2D eigenvalue weighted by molar-refractivity contribution is 7.89. The highest BCUT2D eigenvalue weighted by atomic mass is 32.2. The van der Waals surface area contributed by atoms with Crippen LogP contribution in [0.15, 0.2) is 10.3 Å². The van der Waals surface area contributed by atoms with Crippen LogP contribution in [0.4, 0.5) is 17.6 Å². The van der Waals surface area contributed by atoms with Crippen molar-refractivity contribution in [1.29, 1.82) is 0 Å². The van der Waals surface area contributed by atoms with E-state index in [2.05, 4.69) is 5.32 Å². The summed E-state index contributed by atoms with van der Waals surface area (Å²) in [4.78, 5) is 0.291. The number of aryl methyl sites for hydroxylation is 1. The highest BCUT2D eigenvalue weighted by Crippen LogP contribution is 2.28. The van der Waals surface area contributed by atoms with Gasteiger partial charge in [0.25, 0.3) is 0 Å². The van der Waals surface area contributed by atoms with Crippen molar-refractivity contribution in [1.82, 2.24) is 10.0 Å². The first-order valence-electron chi connectivity index (χ1n) is 5.49. The van der Waals surface area contributed by atoms with Crippen LogP contribution in [-0.4, -0.2) is 34.4 Å². The summed E-state index contributed by atoms with van der Waals surface area (Å²) in [6.45, 7) is 0.108. The molecular formula is C10H14F4N2O2S2. The number of nitrogens with one attached hydrogen (secondary N) is 2. The van der Waals surface area contributed by atoms with E-state index < -0.39 is 28.9 Å². The Morgan fingerprint density at radius 2 is 2.00 bits per heavy atom. The molecule has 0 saturated heterocycles. The Morgan fingerprint density at radius 3 is 2.50 bits per heavy atom. The van der Waals surface area contributed by atoms with Crippen LogP contribution in [0.25, 0.3) is 0 Å². The molecule has 0 spiro atoms. The molecule has 1 heterocycles. The van der Waals surface area contributed by atoms with Crippen LogP contribution >= 0.6 is 11.3 Å². The van der Waals surface area contributed by atoms with Gasteiger partial charge in [-0.25, -0.2) is 21.9 Å². The molecule has 2 N–H and O–H groups in total. The molecule has 0 fully saturated rings. The number of rotatable bonds is 7. The lowest BCUT2D eigenvalue weighted by Crippen LogP contribution is -2.41. The largest absolute Gasteiger partial charge is 0.320 e. The van der Waals surface area contributed by atoms with Crippen LogP contribution < -0.4 is 10.0 Å². The first-order valence-corrected chi connectivity index (χ1v) is 7.85. The Labute approximate surface area is 118 Å². The molecule has 20 heavy (non-hydrogen) atoms. The summed E-state index contributed by atoms with van der Waals surface area (Å²) in [7, 11) is -2.66. The number of hydrogen-bond acceptors (Lipinski definition) is 4. The lowest BCUT2D eigenvalue weighted by molar-refractivity contribution is -0.122. The topological polar surface area (TPSA) is 58.2 Å². The van der Waals surface area contributed by atoms with Crippen LogP contribution in [0.5, 0.6) is 0 Å². The van der Waals surface area contributed by atoms with E-state index in [1.165, 1.54) is 6.92 Å². The standard InChI is InChI=1S/C10H14F4N2O2S2/c1-6-4-19-7(3-15-2)8(6)20(17,18)16-5-10(13,14)9(11)12/h4,9,15-16H,3,5H2,1-2H3. The molecule has 0 aromatic carbocycles. The van der Waals surface area contributed by atoms with E-state index >= 15 is 0 Å². The third-order valence-corrected chi connectivity index (χ3v) is 5.28. The number of alkyl halides is 4. The predicted octanol–water partition coefficient (Wildman–Crippen LogP) is 1.95. The minimum absolute atomic E-state index is 0.137. The fourth-order valence-corrected chi connectivity index (χ4v) is 4.33. The van der Waals surface area contributed by atoms with Gasteiger partial charge in [-0.05, 0) is 24.9 Å². The fraction of sp³-hybridized carbons (Fsp3) is 0.600. The molecule has 0 aliphatic heterocycles. The van der Waals surface area contributed by atoms with E-state index in [4.69, 9.17) is 0 Å². The van der Waals surface area contributed by atoms with Gasteiger partial charge in [-0.2, -0.15) is 8.78 Å². The molecule has 0 atom stereocenters. The summed E-state index contributed by atoms with van der Waals surface area (Å²) in [5.74, 6) is -4.40. The van der Waals surface area contributed by atoms with E-state index in [0.717, 1.165) is 11.3 Å². The number of halogens is 4. The van der Waals surface area contributed by atoms with Gasteiger partial charge < -0.3 is 5.32 Å². The summed E-state index contributed by atoms with van der Waals surface area (Å²) < 4.78 is 75.1. The molecule has 0 amide bonds. The summed E-state index contributed by atoms with van der Waals surface area (Å²) >= 11 is 1.15. The van der Waals surface area contributed by atoms with Gasteiger partial charge in [0, 0.05) is 11.4 Å². The number of thiophene rings is 1. The van der Waals surface area contributed by atoms with Gasteiger partial charge in [0.2, 0.25) is 10.0 Å². The monoisotopic (exact) mass is 334 g/mol. The summed E-state index contributed by atoms with van der Waals surface area (Å²) in [5, 5.41) is 4.31. The molecule has 1 rings (SSSR count). The molecule has 0 aliphatic carbocycles. The molecule has 0 aliphatic rings. The van der Waals surface area contributed by atoms with Crippen LogP contribution in [0, 0.1) is 6.92 Å². The number of hydrogen-bond donors (Lipinski definition) is 2. The molecule has 0 radical (unpaired) electrons. The summed E-state index contributed by atoms with van der Waals surface area (Å²) in [5.41, 5.74) is 0.383. The average Bonchev–Trinajstić information content (AvgIpc) is 2.69. The van der Waals surface area contributed by atoms with Gasteiger partial charge in [0.05, 0.1) is 6.54 Å². The third kappa shape index (κ3) is 3.90.